The van der Waals surface area contributed by atoms with Crippen molar-refractivity contribution in [3.05, 3.63) is 29.8 Å². The molecule has 0 aliphatic heterocycles. The van der Waals surface area contributed by atoms with Crippen LogP contribution in [0.15, 0.2) is 24.3 Å². The Kier molecular flexibility index (Phi) is 2.72. The normalized spacial score (nSPS) is 25.1. The average Bonchev–Trinajstić information content (AvgIpc) is 2.17. The van der Waals surface area contributed by atoms with E-state index in [0.29, 0.717) is 5.41 Å². The van der Waals surface area contributed by atoms with Crippen LogP contribution in [0.1, 0.15) is 51.0 Å². The second-order valence-corrected chi connectivity index (χ2v) is 5.62. The van der Waals surface area contributed by atoms with E-state index in [1.807, 2.05) is 12.1 Å². The smallest absolute Gasteiger partial charge is 0.0314 e. The Morgan fingerprint density at radius 3 is 2.47 bits per heavy atom. The summed E-state index contributed by atoms with van der Waals surface area (Å²) in [6.45, 7) is 4.77. The van der Waals surface area contributed by atoms with Gasteiger partial charge in [0.05, 0.1) is 0 Å². The van der Waals surface area contributed by atoms with Crippen molar-refractivity contribution in [2.75, 3.05) is 5.73 Å². The van der Waals surface area contributed by atoms with Crippen molar-refractivity contribution in [1.29, 1.82) is 0 Å². The fourth-order valence-electron chi connectivity index (χ4n) is 2.75. The van der Waals surface area contributed by atoms with Crippen molar-refractivity contribution in [3.63, 3.8) is 0 Å². The Labute approximate surface area is 92.7 Å². The van der Waals surface area contributed by atoms with Gasteiger partial charge >= 0.3 is 0 Å². The van der Waals surface area contributed by atoms with E-state index in [-0.39, 0.29) is 0 Å². The molecule has 15 heavy (non-hydrogen) atoms. The SMILES string of the molecule is CC1(C)CCC[C@@H](c2ccc(N)cc2)C1. The Balaban J connectivity index is 2.13. The van der Waals surface area contributed by atoms with Gasteiger partial charge in [0.15, 0.2) is 0 Å². The molecule has 0 saturated heterocycles. The molecule has 1 atom stereocenters. The molecule has 1 aliphatic rings. The second kappa shape index (κ2) is 3.88. The van der Waals surface area contributed by atoms with E-state index in [4.69, 9.17) is 5.73 Å². The third-order valence-electron chi connectivity index (χ3n) is 3.61. The van der Waals surface area contributed by atoms with Gasteiger partial charge in [-0.2, -0.15) is 0 Å². The minimum Gasteiger partial charge on any atom is -0.399 e. The summed E-state index contributed by atoms with van der Waals surface area (Å²) in [5, 5.41) is 0. The van der Waals surface area contributed by atoms with E-state index in [9.17, 15) is 0 Å². The molecule has 1 aromatic rings. The third kappa shape index (κ3) is 2.53. The van der Waals surface area contributed by atoms with Gasteiger partial charge in [0.1, 0.15) is 0 Å². The summed E-state index contributed by atoms with van der Waals surface area (Å²) in [6, 6.07) is 8.44. The van der Waals surface area contributed by atoms with E-state index >= 15 is 0 Å². The maximum absolute atomic E-state index is 5.71. The number of benzene rings is 1. The van der Waals surface area contributed by atoms with Crippen LogP contribution < -0.4 is 5.73 Å². The van der Waals surface area contributed by atoms with Gasteiger partial charge in [-0.05, 0) is 48.3 Å². The summed E-state index contributed by atoms with van der Waals surface area (Å²) in [4.78, 5) is 0. The molecule has 82 valence electrons. The van der Waals surface area contributed by atoms with Gasteiger partial charge in [-0.25, -0.2) is 0 Å². The van der Waals surface area contributed by atoms with Crippen molar-refractivity contribution in [3.8, 4) is 0 Å². The summed E-state index contributed by atoms with van der Waals surface area (Å²) < 4.78 is 0. The van der Waals surface area contributed by atoms with Crippen LogP contribution in [0.2, 0.25) is 0 Å². The first-order valence-electron chi connectivity index (χ1n) is 5.92. The zero-order chi connectivity index (χ0) is 10.9. The van der Waals surface area contributed by atoms with Crippen molar-refractivity contribution in [2.24, 2.45) is 5.41 Å². The van der Waals surface area contributed by atoms with Gasteiger partial charge in [-0.1, -0.05) is 32.4 Å². The molecule has 1 aromatic carbocycles. The zero-order valence-corrected chi connectivity index (χ0v) is 9.79. The third-order valence-corrected chi connectivity index (χ3v) is 3.61. The Morgan fingerprint density at radius 2 is 1.87 bits per heavy atom. The number of nitrogen functional groups attached to an aromatic ring is 1. The Bertz CT molecular complexity index is 324. The maximum Gasteiger partial charge on any atom is 0.0314 e. The molecule has 0 bridgehead atoms. The minimum absolute atomic E-state index is 0.518. The molecule has 1 fully saturated rings. The number of anilines is 1. The number of hydrogen-bond donors (Lipinski definition) is 1. The number of rotatable bonds is 1. The zero-order valence-electron chi connectivity index (χ0n) is 9.79. The van der Waals surface area contributed by atoms with Crippen LogP contribution in [0.3, 0.4) is 0 Å². The molecule has 1 nitrogen and oxygen atoms in total. The molecule has 0 heterocycles. The number of hydrogen-bond acceptors (Lipinski definition) is 1. The summed E-state index contributed by atoms with van der Waals surface area (Å²) >= 11 is 0. The monoisotopic (exact) mass is 203 g/mol. The largest absolute Gasteiger partial charge is 0.399 e. The van der Waals surface area contributed by atoms with Crippen LogP contribution in [0.25, 0.3) is 0 Å². The summed E-state index contributed by atoms with van der Waals surface area (Å²) in [5.74, 6) is 0.745. The summed E-state index contributed by atoms with van der Waals surface area (Å²) in [6.07, 6.45) is 5.39. The highest BCUT2D eigenvalue weighted by molar-refractivity contribution is 5.40. The average molecular weight is 203 g/mol. The first kappa shape index (κ1) is 10.5. The van der Waals surface area contributed by atoms with Crippen molar-refractivity contribution in [1.82, 2.24) is 0 Å². The lowest BCUT2D eigenvalue weighted by atomic mass is 9.70. The molecular formula is C14H21N. The van der Waals surface area contributed by atoms with Crippen LogP contribution in [0.4, 0.5) is 5.69 Å². The van der Waals surface area contributed by atoms with E-state index in [1.54, 1.807) is 0 Å². The predicted octanol–water partition coefficient (Wildman–Crippen LogP) is 3.95. The molecule has 0 amide bonds. The quantitative estimate of drug-likeness (QED) is 0.687. The molecule has 0 aromatic heterocycles. The molecule has 1 aliphatic carbocycles. The van der Waals surface area contributed by atoms with Crippen molar-refractivity contribution < 1.29 is 0 Å². The molecule has 2 N–H and O–H groups in total. The van der Waals surface area contributed by atoms with E-state index in [1.165, 1.54) is 31.2 Å². The highest BCUT2D eigenvalue weighted by Crippen LogP contribution is 2.43. The van der Waals surface area contributed by atoms with Gasteiger partial charge in [0, 0.05) is 5.69 Å². The fourth-order valence-corrected chi connectivity index (χ4v) is 2.75. The molecule has 0 spiro atoms. The van der Waals surface area contributed by atoms with Crippen molar-refractivity contribution >= 4 is 5.69 Å². The summed E-state index contributed by atoms with van der Waals surface area (Å²) in [5.41, 5.74) is 8.57. The van der Waals surface area contributed by atoms with Crippen LogP contribution in [-0.2, 0) is 0 Å². The van der Waals surface area contributed by atoms with Crippen LogP contribution >= 0.6 is 0 Å². The maximum atomic E-state index is 5.71. The second-order valence-electron chi connectivity index (χ2n) is 5.62. The highest BCUT2D eigenvalue weighted by atomic mass is 14.5. The van der Waals surface area contributed by atoms with E-state index in [2.05, 4.69) is 26.0 Å². The lowest BCUT2D eigenvalue weighted by Gasteiger charge is -2.35. The van der Waals surface area contributed by atoms with Gasteiger partial charge in [0.2, 0.25) is 0 Å². The van der Waals surface area contributed by atoms with Crippen LogP contribution in [0, 0.1) is 5.41 Å². The predicted molar refractivity (Wildman–Crippen MR) is 65.8 cm³/mol. The highest BCUT2D eigenvalue weighted by Gasteiger charge is 2.28. The van der Waals surface area contributed by atoms with Gasteiger partial charge in [-0.15, -0.1) is 0 Å². The van der Waals surface area contributed by atoms with Gasteiger partial charge in [-0.3, -0.25) is 0 Å². The van der Waals surface area contributed by atoms with Crippen LogP contribution in [0.5, 0.6) is 0 Å². The van der Waals surface area contributed by atoms with E-state index in [0.717, 1.165) is 11.6 Å². The van der Waals surface area contributed by atoms with Gasteiger partial charge < -0.3 is 5.73 Å². The lowest BCUT2D eigenvalue weighted by molar-refractivity contribution is 0.219. The molecule has 0 unspecified atom stereocenters. The lowest BCUT2D eigenvalue weighted by Crippen LogP contribution is -2.21. The standard InChI is InChI=1S/C14H21N/c1-14(2)9-3-4-12(10-14)11-5-7-13(15)8-6-11/h5-8,12H,3-4,9-10,15H2,1-2H3/t12-/m1/s1. The first-order valence-corrected chi connectivity index (χ1v) is 5.92. The molecule has 1 saturated carbocycles. The van der Waals surface area contributed by atoms with Gasteiger partial charge in [0.25, 0.3) is 0 Å². The molecular weight excluding hydrogens is 182 g/mol. The number of nitrogens with two attached hydrogens (primary N) is 1. The molecule has 0 radical (unpaired) electrons. The molecule has 1 heteroatoms. The Morgan fingerprint density at radius 1 is 1.20 bits per heavy atom. The Hall–Kier alpha value is -0.980. The summed E-state index contributed by atoms with van der Waals surface area (Å²) in [7, 11) is 0. The molecule has 2 rings (SSSR count). The fraction of sp³-hybridized carbons (Fsp3) is 0.571. The topological polar surface area (TPSA) is 26.0 Å². The van der Waals surface area contributed by atoms with E-state index < -0.39 is 0 Å². The minimum atomic E-state index is 0.518. The first-order chi connectivity index (χ1) is 7.07. The van der Waals surface area contributed by atoms with Crippen molar-refractivity contribution in [2.45, 2.75) is 45.4 Å². The van der Waals surface area contributed by atoms with Crippen LogP contribution in [-0.4, -0.2) is 0 Å².